The van der Waals surface area contributed by atoms with Gasteiger partial charge in [-0.3, -0.25) is 0 Å². The Hall–Kier alpha value is -0.380. The van der Waals surface area contributed by atoms with Gasteiger partial charge in [0.15, 0.2) is 0 Å². The number of methoxy groups -OCH3 is 1. The first-order valence-electron chi connectivity index (χ1n) is 5.84. The smallest absolute Gasteiger partial charge is 0.118 e. The zero-order valence-electron chi connectivity index (χ0n) is 10.1. The maximum absolute atomic E-state index is 5.90. The summed E-state index contributed by atoms with van der Waals surface area (Å²) in [4.78, 5) is 1.33. The molecular formula is C13H20ClNOS. The number of ether oxygens (including phenoxy) is 1. The molecule has 0 spiro atoms. The van der Waals surface area contributed by atoms with E-state index in [-0.39, 0.29) is 12.4 Å². The Balaban J connectivity index is 0.00000144. The second-order valence-corrected chi connectivity index (χ2v) is 5.70. The number of rotatable bonds is 3. The van der Waals surface area contributed by atoms with E-state index in [0.29, 0.717) is 6.04 Å². The van der Waals surface area contributed by atoms with Gasteiger partial charge in [-0.2, -0.15) is 0 Å². The molecular weight excluding hydrogens is 254 g/mol. The van der Waals surface area contributed by atoms with Crippen LogP contribution in [0.15, 0.2) is 29.2 Å². The molecule has 96 valence electrons. The highest BCUT2D eigenvalue weighted by atomic mass is 35.5. The van der Waals surface area contributed by atoms with Crippen LogP contribution in [0.3, 0.4) is 0 Å². The van der Waals surface area contributed by atoms with E-state index in [2.05, 4.69) is 12.1 Å². The van der Waals surface area contributed by atoms with E-state index < -0.39 is 0 Å². The zero-order valence-corrected chi connectivity index (χ0v) is 11.7. The molecule has 17 heavy (non-hydrogen) atoms. The van der Waals surface area contributed by atoms with Gasteiger partial charge in [-0.25, -0.2) is 0 Å². The number of hydrogen-bond acceptors (Lipinski definition) is 3. The van der Waals surface area contributed by atoms with Gasteiger partial charge in [0.1, 0.15) is 5.75 Å². The fourth-order valence-electron chi connectivity index (χ4n) is 2.05. The van der Waals surface area contributed by atoms with E-state index in [1.165, 1.54) is 30.6 Å². The van der Waals surface area contributed by atoms with E-state index in [4.69, 9.17) is 10.5 Å². The minimum absolute atomic E-state index is 0. The molecule has 1 aromatic carbocycles. The van der Waals surface area contributed by atoms with E-state index in [9.17, 15) is 0 Å². The molecule has 0 heterocycles. The number of thioether (sulfide) groups is 1. The average Bonchev–Trinajstić information content (AvgIpc) is 2.33. The third kappa shape index (κ3) is 4.41. The van der Waals surface area contributed by atoms with Crippen LogP contribution in [0.2, 0.25) is 0 Å². The summed E-state index contributed by atoms with van der Waals surface area (Å²) in [7, 11) is 1.70. The lowest BCUT2D eigenvalue weighted by Crippen LogP contribution is -2.27. The van der Waals surface area contributed by atoms with Crippen LogP contribution in [0.1, 0.15) is 25.7 Å². The van der Waals surface area contributed by atoms with E-state index in [1.54, 1.807) is 7.11 Å². The summed E-state index contributed by atoms with van der Waals surface area (Å²) < 4.78 is 5.15. The molecule has 2 rings (SSSR count). The molecule has 1 aliphatic rings. The van der Waals surface area contributed by atoms with Crippen molar-refractivity contribution in [3.8, 4) is 5.75 Å². The number of nitrogens with two attached hydrogens (primary N) is 1. The van der Waals surface area contributed by atoms with Gasteiger partial charge in [0.25, 0.3) is 0 Å². The van der Waals surface area contributed by atoms with Gasteiger partial charge < -0.3 is 10.5 Å². The Morgan fingerprint density at radius 2 is 1.71 bits per heavy atom. The van der Waals surface area contributed by atoms with Crippen LogP contribution >= 0.6 is 24.2 Å². The van der Waals surface area contributed by atoms with Crippen LogP contribution in [0, 0.1) is 0 Å². The normalized spacial score (nSPS) is 23.9. The quantitative estimate of drug-likeness (QED) is 0.916. The van der Waals surface area contributed by atoms with Crippen molar-refractivity contribution in [2.24, 2.45) is 5.73 Å². The second-order valence-electron chi connectivity index (χ2n) is 4.33. The first-order chi connectivity index (χ1) is 7.78. The van der Waals surface area contributed by atoms with Crippen LogP contribution in [-0.4, -0.2) is 18.4 Å². The lowest BCUT2D eigenvalue weighted by atomic mass is 9.96. The first-order valence-corrected chi connectivity index (χ1v) is 6.72. The Kier molecular flexibility index (Phi) is 6.17. The molecule has 2 N–H and O–H groups in total. The van der Waals surface area contributed by atoms with Crippen LogP contribution in [0.4, 0.5) is 0 Å². The van der Waals surface area contributed by atoms with Gasteiger partial charge in [-0.15, -0.1) is 24.2 Å². The van der Waals surface area contributed by atoms with Crippen molar-refractivity contribution in [3.63, 3.8) is 0 Å². The van der Waals surface area contributed by atoms with Gasteiger partial charge in [0.2, 0.25) is 0 Å². The monoisotopic (exact) mass is 273 g/mol. The van der Waals surface area contributed by atoms with E-state index >= 15 is 0 Å². The van der Waals surface area contributed by atoms with Gasteiger partial charge in [0.05, 0.1) is 7.11 Å². The summed E-state index contributed by atoms with van der Waals surface area (Å²) in [5.41, 5.74) is 5.90. The number of halogens is 1. The van der Waals surface area contributed by atoms with Crippen molar-refractivity contribution >= 4 is 24.2 Å². The van der Waals surface area contributed by atoms with Crippen molar-refractivity contribution in [1.29, 1.82) is 0 Å². The first kappa shape index (κ1) is 14.7. The number of benzene rings is 1. The fraction of sp³-hybridized carbons (Fsp3) is 0.538. The Morgan fingerprint density at radius 1 is 1.12 bits per heavy atom. The fourth-order valence-corrected chi connectivity index (χ4v) is 3.24. The third-order valence-electron chi connectivity index (χ3n) is 3.08. The maximum atomic E-state index is 5.90. The molecule has 0 aliphatic heterocycles. The van der Waals surface area contributed by atoms with Gasteiger partial charge >= 0.3 is 0 Å². The minimum atomic E-state index is 0. The Labute approximate surface area is 114 Å². The molecule has 0 amide bonds. The van der Waals surface area contributed by atoms with Gasteiger partial charge in [0, 0.05) is 16.2 Å². The minimum Gasteiger partial charge on any atom is -0.497 e. The molecule has 1 saturated carbocycles. The highest BCUT2D eigenvalue weighted by Crippen LogP contribution is 2.33. The Morgan fingerprint density at radius 3 is 2.24 bits per heavy atom. The molecule has 0 bridgehead atoms. The highest BCUT2D eigenvalue weighted by molar-refractivity contribution is 8.00. The maximum Gasteiger partial charge on any atom is 0.118 e. The predicted octanol–water partition coefficient (Wildman–Crippen LogP) is 3.48. The summed E-state index contributed by atoms with van der Waals surface area (Å²) in [6, 6.07) is 8.76. The predicted molar refractivity (Wildman–Crippen MR) is 76.3 cm³/mol. The highest BCUT2D eigenvalue weighted by Gasteiger charge is 2.19. The lowest BCUT2D eigenvalue weighted by molar-refractivity contribution is 0.414. The van der Waals surface area contributed by atoms with Crippen LogP contribution < -0.4 is 10.5 Å². The van der Waals surface area contributed by atoms with Crippen LogP contribution in [0.5, 0.6) is 5.75 Å². The zero-order chi connectivity index (χ0) is 11.4. The van der Waals surface area contributed by atoms with Crippen molar-refractivity contribution in [2.45, 2.75) is 41.9 Å². The van der Waals surface area contributed by atoms with Gasteiger partial charge in [-0.1, -0.05) is 0 Å². The molecule has 0 atom stereocenters. The molecule has 0 radical (unpaired) electrons. The molecule has 1 fully saturated rings. The summed E-state index contributed by atoms with van der Waals surface area (Å²) in [6.45, 7) is 0. The molecule has 4 heteroatoms. The van der Waals surface area contributed by atoms with Gasteiger partial charge in [-0.05, 0) is 49.9 Å². The Bertz CT molecular complexity index is 323. The van der Waals surface area contributed by atoms with Crippen molar-refractivity contribution in [3.05, 3.63) is 24.3 Å². The largest absolute Gasteiger partial charge is 0.497 e. The van der Waals surface area contributed by atoms with Crippen molar-refractivity contribution < 1.29 is 4.74 Å². The van der Waals surface area contributed by atoms with Crippen LogP contribution in [-0.2, 0) is 0 Å². The molecule has 2 nitrogen and oxygen atoms in total. The van der Waals surface area contributed by atoms with E-state index in [1.807, 2.05) is 23.9 Å². The summed E-state index contributed by atoms with van der Waals surface area (Å²) >= 11 is 1.97. The third-order valence-corrected chi connectivity index (χ3v) is 4.43. The molecule has 0 saturated heterocycles. The van der Waals surface area contributed by atoms with Crippen LogP contribution in [0.25, 0.3) is 0 Å². The number of hydrogen-bond donors (Lipinski definition) is 1. The molecule has 0 unspecified atom stereocenters. The SMILES string of the molecule is COc1ccc(SC2CCC(N)CC2)cc1.Cl. The lowest BCUT2D eigenvalue weighted by Gasteiger charge is -2.25. The summed E-state index contributed by atoms with van der Waals surface area (Å²) in [5, 5.41) is 0.744. The molecule has 0 aromatic heterocycles. The van der Waals surface area contributed by atoms with E-state index in [0.717, 1.165) is 11.0 Å². The topological polar surface area (TPSA) is 35.2 Å². The van der Waals surface area contributed by atoms with Crippen molar-refractivity contribution in [2.75, 3.05) is 7.11 Å². The molecule has 1 aromatic rings. The standard InChI is InChI=1S/C13H19NOS.ClH/c1-15-11-4-8-13(9-5-11)16-12-6-2-10(14)3-7-12;/h4-5,8-10,12H,2-3,6-7,14H2,1H3;1H. The van der Waals surface area contributed by atoms with Crippen molar-refractivity contribution in [1.82, 2.24) is 0 Å². The second kappa shape index (κ2) is 7.14. The summed E-state index contributed by atoms with van der Waals surface area (Å²) in [6.07, 6.45) is 4.84. The average molecular weight is 274 g/mol. The molecule has 1 aliphatic carbocycles. The summed E-state index contributed by atoms with van der Waals surface area (Å²) in [5.74, 6) is 0.926.